The fraction of sp³-hybridized carbons (Fsp3) is 0. The molecule has 18 heavy (non-hydrogen) atoms. The van der Waals surface area contributed by atoms with E-state index in [0.717, 1.165) is 25.8 Å². The van der Waals surface area contributed by atoms with Crippen molar-refractivity contribution in [3.8, 4) is 0 Å². The van der Waals surface area contributed by atoms with Gasteiger partial charge in [0.15, 0.2) is 0 Å². The van der Waals surface area contributed by atoms with Crippen LogP contribution < -0.4 is 11.5 Å². The molecule has 0 amide bonds. The van der Waals surface area contributed by atoms with Gasteiger partial charge in [-0.1, -0.05) is 24.3 Å². The average molecular weight is 368 g/mol. The highest BCUT2D eigenvalue weighted by Crippen LogP contribution is 2.30. The monoisotopic (exact) mass is 366 g/mol. The molecule has 2 aromatic carbocycles. The molecule has 0 unspecified atom stereocenters. The number of nitrogen functional groups attached to an aromatic ring is 2. The van der Waals surface area contributed by atoms with Crippen molar-refractivity contribution in [3.63, 3.8) is 0 Å². The average Bonchev–Trinajstić information content (AvgIpc) is 2.33. The van der Waals surface area contributed by atoms with Crippen LogP contribution >= 0.6 is 31.9 Å². The van der Waals surface area contributed by atoms with Crippen LogP contribution in [-0.4, -0.2) is 0 Å². The normalized spacial score (nSPS) is 11.0. The number of nitrogens with two attached hydrogens (primary N) is 2. The third-order valence-corrected chi connectivity index (χ3v) is 3.79. The number of anilines is 2. The van der Waals surface area contributed by atoms with E-state index in [4.69, 9.17) is 11.5 Å². The highest BCUT2D eigenvalue weighted by atomic mass is 79.9. The molecule has 0 radical (unpaired) electrons. The molecule has 0 saturated heterocycles. The Kier molecular flexibility index (Phi) is 4.09. The van der Waals surface area contributed by atoms with Crippen molar-refractivity contribution < 1.29 is 0 Å². The molecule has 92 valence electrons. The lowest BCUT2D eigenvalue weighted by Gasteiger charge is -2.03. The van der Waals surface area contributed by atoms with Gasteiger partial charge < -0.3 is 11.5 Å². The molecular formula is C14H12Br2N2. The van der Waals surface area contributed by atoms with E-state index in [2.05, 4.69) is 31.9 Å². The van der Waals surface area contributed by atoms with Crippen molar-refractivity contribution in [2.75, 3.05) is 11.5 Å². The molecule has 0 aliphatic heterocycles. The fourth-order valence-corrected chi connectivity index (χ4v) is 2.78. The summed E-state index contributed by atoms with van der Waals surface area (Å²) in [7, 11) is 0. The van der Waals surface area contributed by atoms with Gasteiger partial charge in [-0.25, -0.2) is 0 Å². The molecule has 4 heteroatoms. The first-order chi connectivity index (χ1) is 8.56. The summed E-state index contributed by atoms with van der Waals surface area (Å²) in [6.45, 7) is 0. The van der Waals surface area contributed by atoms with Gasteiger partial charge in [-0.3, -0.25) is 0 Å². The van der Waals surface area contributed by atoms with Crippen LogP contribution in [0.5, 0.6) is 0 Å². The number of hydrogen-bond donors (Lipinski definition) is 2. The summed E-state index contributed by atoms with van der Waals surface area (Å²) in [4.78, 5) is 0. The summed E-state index contributed by atoms with van der Waals surface area (Å²) >= 11 is 6.85. The Morgan fingerprint density at radius 2 is 1.44 bits per heavy atom. The largest absolute Gasteiger partial charge is 0.399 e. The van der Waals surface area contributed by atoms with Crippen LogP contribution in [0.1, 0.15) is 11.1 Å². The van der Waals surface area contributed by atoms with Gasteiger partial charge in [-0.2, -0.15) is 0 Å². The van der Waals surface area contributed by atoms with Gasteiger partial charge in [0.25, 0.3) is 0 Å². The van der Waals surface area contributed by atoms with Crippen LogP contribution in [0.25, 0.3) is 12.2 Å². The van der Waals surface area contributed by atoms with E-state index in [-0.39, 0.29) is 0 Å². The molecule has 2 rings (SSSR count). The van der Waals surface area contributed by atoms with Gasteiger partial charge in [0.05, 0.1) is 5.69 Å². The topological polar surface area (TPSA) is 52.0 Å². The summed E-state index contributed by atoms with van der Waals surface area (Å²) in [6, 6.07) is 11.7. The number of hydrogen-bond acceptors (Lipinski definition) is 2. The molecule has 4 N–H and O–H groups in total. The zero-order valence-corrected chi connectivity index (χ0v) is 12.7. The van der Waals surface area contributed by atoms with Crippen LogP contribution in [0.2, 0.25) is 0 Å². The second kappa shape index (κ2) is 5.59. The van der Waals surface area contributed by atoms with Gasteiger partial charge in [0.1, 0.15) is 0 Å². The second-order valence-corrected chi connectivity index (χ2v) is 5.61. The lowest BCUT2D eigenvalue weighted by atomic mass is 10.1. The van der Waals surface area contributed by atoms with E-state index in [1.165, 1.54) is 0 Å². The first-order valence-electron chi connectivity index (χ1n) is 5.34. The maximum atomic E-state index is 5.84. The summed E-state index contributed by atoms with van der Waals surface area (Å²) < 4.78 is 1.76. The minimum absolute atomic E-state index is 0.705. The molecule has 2 aromatic rings. The van der Waals surface area contributed by atoms with Crippen LogP contribution in [-0.2, 0) is 0 Å². The Labute approximate surface area is 123 Å². The Hall–Kier alpha value is -1.26. The molecule has 0 spiro atoms. The van der Waals surface area contributed by atoms with Crippen LogP contribution in [0, 0.1) is 0 Å². The first kappa shape index (κ1) is 13.2. The third-order valence-electron chi connectivity index (χ3n) is 2.48. The zero-order chi connectivity index (χ0) is 13.1. The lowest BCUT2D eigenvalue weighted by molar-refractivity contribution is 1.56. The molecule has 0 aromatic heterocycles. The summed E-state index contributed by atoms with van der Waals surface area (Å²) in [5, 5.41) is 0. The van der Waals surface area contributed by atoms with Gasteiger partial charge in [0.2, 0.25) is 0 Å². The van der Waals surface area contributed by atoms with Crippen molar-refractivity contribution in [1.29, 1.82) is 0 Å². The Balaban J connectivity index is 2.29. The molecule has 2 nitrogen and oxygen atoms in total. The van der Waals surface area contributed by atoms with Crippen molar-refractivity contribution in [1.82, 2.24) is 0 Å². The standard InChI is InChI=1S/C14H12Br2N2/c15-12-7-10(8-13(16)14(12)18)5-4-9-2-1-3-11(17)6-9/h1-8H,17-18H2/b5-4+. The third kappa shape index (κ3) is 3.15. The van der Waals surface area contributed by atoms with Crippen LogP contribution in [0.3, 0.4) is 0 Å². The molecule has 0 atom stereocenters. The van der Waals surface area contributed by atoms with Gasteiger partial charge in [-0.15, -0.1) is 0 Å². The molecule has 0 heterocycles. The van der Waals surface area contributed by atoms with E-state index in [0.29, 0.717) is 5.69 Å². The van der Waals surface area contributed by atoms with Crippen molar-refractivity contribution in [2.45, 2.75) is 0 Å². The molecule has 0 aliphatic rings. The maximum Gasteiger partial charge on any atom is 0.0603 e. The van der Waals surface area contributed by atoms with Crippen LogP contribution in [0.4, 0.5) is 11.4 Å². The maximum absolute atomic E-state index is 5.84. The molecular weight excluding hydrogens is 356 g/mol. The smallest absolute Gasteiger partial charge is 0.0603 e. The second-order valence-electron chi connectivity index (χ2n) is 3.90. The molecule has 0 fully saturated rings. The molecule has 0 saturated carbocycles. The Bertz CT molecular complexity index is 583. The minimum atomic E-state index is 0.705. The lowest BCUT2D eigenvalue weighted by Crippen LogP contribution is -1.89. The number of rotatable bonds is 2. The summed E-state index contributed by atoms with van der Waals surface area (Å²) in [6.07, 6.45) is 4.03. The number of halogens is 2. The van der Waals surface area contributed by atoms with Crippen molar-refractivity contribution in [3.05, 3.63) is 56.5 Å². The van der Waals surface area contributed by atoms with E-state index in [1.807, 2.05) is 48.6 Å². The van der Waals surface area contributed by atoms with E-state index < -0.39 is 0 Å². The quantitative estimate of drug-likeness (QED) is 0.604. The SMILES string of the molecule is Nc1cccc(/C=C/c2cc(Br)c(N)c(Br)c2)c1. The number of benzene rings is 2. The molecule has 0 aliphatic carbocycles. The van der Waals surface area contributed by atoms with Crippen molar-refractivity contribution >= 4 is 55.4 Å². The highest BCUT2D eigenvalue weighted by molar-refractivity contribution is 9.11. The van der Waals surface area contributed by atoms with Gasteiger partial charge in [0, 0.05) is 14.6 Å². The summed E-state index contributed by atoms with van der Waals surface area (Å²) in [5.41, 5.74) is 15.2. The molecule has 0 bridgehead atoms. The predicted molar refractivity (Wildman–Crippen MR) is 86.0 cm³/mol. The van der Waals surface area contributed by atoms with Gasteiger partial charge in [-0.05, 0) is 67.3 Å². The predicted octanol–water partition coefficient (Wildman–Crippen LogP) is 4.55. The van der Waals surface area contributed by atoms with E-state index >= 15 is 0 Å². The van der Waals surface area contributed by atoms with Crippen molar-refractivity contribution in [2.24, 2.45) is 0 Å². The fourth-order valence-electron chi connectivity index (χ4n) is 1.56. The van der Waals surface area contributed by atoms with Crippen LogP contribution in [0.15, 0.2) is 45.3 Å². The minimum Gasteiger partial charge on any atom is -0.399 e. The van der Waals surface area contributed by atoms with Gasteiger partial charge >= 0.3 is 0 Å². The zero-order valence-electron chi connectivity index (χ0n) is 9.53. The first-order valence-corrected chi connectivity index (χ1v) is 6.93. The van der Waals surface area contributed by atoms with E-state index in [1.54, 1.807) is 0 Å². The highest BCUT2D eigenvalue weighted by Gasteiger charge is 2.01. The summed E-state index contributed by atoms with van der Waals surface area (Å²) in [5.74, 6) is 0. The Morgan fingerprint density at radius 1 is 0.833 bits per heavy atom. The van der Waals surface area contributed by atoms with E-state index in [9.17, 15) is 0 Å². The Morgan fingerprint density at radius 3 is 2.06 bits per heavy atom.